The Labute approximate surface area is 161 Å². The van der Waals surface area contributed by atoms with Gasteiger partial charge in [0.1, 0.15) is 18.3 Å². The third kappa shape index (κ3) is 3.45. The van der Waals surface area contributed by atoms with Crippen LogP contribution in [0.4, 0.5) is 0 Å². The van der Waals surface area contributed by atoms with Crippen molar-refractivity contribution in [2.45, 2.75) is 39.1 Å². The Morgan fingerprint density at radius 3 is 2.57 bits per heavy atom. The van der Waals surface area contributed by atoms with Gasteiger partial charge in [-0.3, -0.25) is 0 Å². The van der Waals surface area contributed by atoms with Gasteiger partial charge in [-0.25, -0.2) is 9.59 Å². The van der Waals surface area contributed by atoms with Crippen LogP contribution in [0.2, 0.25) is 0 Å². The first-order valence-corrected chi connectivity index (χ1v) is 9.20. The van der Waals surface area contributed by atoms with E-state index in [1.165, 1.54) is 6.07 Å². The highest BCUT2D eigenvalue weighted by Crippen LogP contribution is 2.33. The van der Waals surface area contributed by atoms with Crippen molar-refractivity contribution in [3.63, 3.8) is 0 Å². The first-order valence-electron chi connectivity index (χ1n) is 9.20. The van der Waals surface area contributed by atoms with E-state index in [2.05, 4.69) is 0 Å². The quantitative estimate of drug-likeness (QED) is 0.508. The molecule has 28 heavy (non-hydrogen) atoms. The molecule has 2 atom stereocenters. The average Bonchev–Trinajstić information content (AvgIpc) is 2.70. The SMILES string of the molecule is CCc1ccc2c(COC(=O)C3Oc4ccccc4OC3C)cc(=O)oc2c1. The Morgan fingerprint density at radius 2 is 1.82 bits per heavy atom. The van der Waals surface area contributed by atoms with Gasteiger partial charge in [-0.1, -0.05) is 31.2 Å². The van der Waals surface area contributed by atoms with E-state index in [1.807, 2.05) is 31.2 Å². The molecule has 0 aliphatic carbocycles. The highest BCUT2D eigenvalue weighted by molar-refractivity contribution is 5.81. The first kappa shape index (κ1) is 18.1. The number of ether oxygens (including phenoxy) is 3. The van der Waals surface area contributed by atoms with Gasteiger partial charge in [0.25, 0.3) is 0 Å². The van der Waals surface area contributed by atoms with Crippen molar-refractivity contribution >= 4 is 16.9 Å². The Bertz CT molecular complexity index is 1080. The van der Waals surface area contributed by atoms with Gasteiger partial charge >= 0.3 is 11.6 Å². The molecule has 0 radical (unpaired) electrons. The lowest BCUT2D eigenvalue weighted by Crippen LogP contribution is -2.44. The van der Waals surface area contributed by atoms with Gasteiger partial charge in [0, 0.05) is 17.0 Å². The monoisotopic (exact) mass is 380 g/mol. The number of rotatable bonds is 4. The third-order valence-electron chi connectivity index (χ3n) is 4.75. The maximum Gasteiger partial charge on any atom is 0.351 e. The largest absolute Gasteiger partial charge is 0.482 e. The summed E-state index contributed by atoms with van der Waals surface area (Å²) in [6.45, 7) is 3.72. The molecule has 6 heteroatoms. The number of hydrogen-bond donors (Lipinski definition) is 0. The predicted molar refractivity (Wildman–Crippen MR) is 103 cm³/mol. The van der Waals surface area contributed by atoms with Crippen LogP contribution in [-0.4, -0.2) is 18.2 Å². The fourth-order valence-corrected chi connectivity index (χ4v) is 3.22. The standard InChI is InChI=1S/C22H20O6/c1-3-14-8-9-16-15(11-20(23)27-19(16)10-14)12-25-22(24)21-13(2)26-17-6-4-5-7-18(17)28-21/h4-11,13,21H,3,12H2,1-2H3. The van der Waals surface area contributed by atoms with Crippen LogP contribution in [0, 0.1) is 0 Å². The minimum atomic E-state index is -0.882. The summed E-state index contributed by atoms with van der Waals surface area (Å²) in [4.78, 5) is 24.5. The Kier molecular flexibility index (Phi) is 4.77. The molecule has 4 rings (SSSR count). The van der Waals surface area contributed by atoms with Crippen molar-refractivity contribution in [1.29, 1.82) is 0 Å². The summed E-state index contributed by atoms with van der Waals surface area (Å²) in [5.74, 6) is 0.548. The molecule has 0 saturated carbocycles. The number of para-hydroxylation sites is 2. The van der Waals surface area contributed by atoms with Crippen LogP contribution >= 0.6 is 0 Å². The van der Waals surface area contributed by atoms with Gasteiger partial charge in [0.05, 0.1) is 0 Å². The van der Waals surface area contributed by atoms with Crippen molar-refractivity contribution in [2.24, 2.45) is 0 Å². The molecular weight excluding hydrogens is 360 g/mol. The molecule has 0 fully saturated rings. The molecule has 0 saturated heterocycles. The van der Waals surface area contributed by atoms with E-state index in [0.717, 1.165) is 17.4 Å². The highest BCUT2D eigenvalue weighted by atomic mass is 16.6. The van der Waals surface area contributed by atoms with Crippen LogP contribution < -0.4 is 15.1 Å². The van der Waals surface area contributed by atoms with Crippen molar-refractivity contribution in [3.8, 4) is 11.5 Å². The van der Waals surface area contributed by atoms with Gasteiger partial charge in [-0.2, -0.15) is 0 Å². The van der Waals surface area contributed by atoms with Crippen molar-refractivity contribution < 1.29 is 23.4 Å². The zero-order valence-electron chi connectivity index (χ0n) is 15.6. The van der Waals surface area contributed by atoms with Crippen molar-refractivity contribution in [1.82, 2.24) is 0 Å². The second kappa shape index (κ2) is 7.38. The predicted octanol–water partition coefficient (Wildman–Crippen LogP) is 3.63. The van der Waals surface area contributed by atoms with E-state index in [4.69, 9.17) is 18.6 Å². The van der Waals surface area contributed by atoms with Crippen LogP contribution in [0.3, 0.4) is 0 Å². The van der Waals surface area contributed by atoms with E-state index >= 15 is 0 Å². The lowest BCUT2D eigenvalue weighted by atomic mass is 10.1. The minimum Gasteiger partial charge on any atom is -0.482 e. The second-order valence-electron chi connectivity index (χ2n) is 6.69. The Morgan fingerprint density at radius 1 is 1.07 bits per heavy atom. The fraction of sp³-hybridized carbons (Fsp3) is 0.273. The van der Waals surface area contributed by atoms with Crippen LogP contribution in [0.15, 0.2) is 57.7 Å². The van der Waals surface area contributed by atoms with Crippen molar-refractivity contribution in [2.75, 3.05) is 0 Å². The fourth-order valence-electron chi connectivity index (χ4n) is 3.22. The minimum absolute atomic E-state index is 0.0549. The summed E-state index contributed by atoms with van der Waals surface area (Å²) >= 11 is 0. The van der Waals surface area contributed by atoms with Crippen LogP contribution in [-0.2, 0) is 22.6 Å². The third-order valence-corrected chi connectivity index (χ3v) is 4.75. The average molecular weight is 380 g/mol. The molecular formula is C22H20O6. The maximum absolute atomic E-state index is 12.6. The zero-order chi connectivity index (χ0) is 19.7. The summed E-state index contributed by atoms with van der Waals surface area (Å²) in [5, 5.41) is 0.740. The summed E-state index contributed by atoms with van der Waals surface area (Å²) in [6, 6.07) is 14.2. The number of carbonyl (C=O) groups is 1. The maximum atomic E-state index is 12.6. The van der Waals surface area contributed by atoms with Gasteiger partial charge in [0.2, 0.25) is 6.10 Å². The van der Waals surface area contributed by atoms with Crippen LogP contribution in [0.1, 0.15) is 25.0 Å². The molecule has 0 amide bonds. The van der Waals surface area contributed by atoms with E-state index in [-0.39, 0.29) is 6.61 Å². The number of carbonyl (C=O) groups excluding carboxylic acids is 1. The van der Waals surface area contributed by atoms with E-state index in [9.17, 15) is 9.59 Å². The number of benzene rings is 2. The number of esters is 1. The lowest BCUT2D eigenvalue weighted by Gasteiger charge is -2.30. The van der Waals surface area contributed by atoms with Crippen molar-refractivity contribution in [3.05, 3.63) is 70.1 Å². The highest BCUT2D eigenvalue weighted by Gasteiger charge is 2.35. The molecule has 2 aromatic carbocycles. The Hall–Kier alpha value is -3.28. The summed E-state index contributed by atoms with van der Waals surface area (Å²) in [7, 11) is 0. The van der Waals surface area contributed by atoms with Gasteiger partial charge in [-0.15, -0.1) is 0 Å². The molecule has 0 bridgehead atoms. The van der Waals surface area contributed by atoms with Gasteiger partial charge < -0.3 is 18.6 Å². The molecule has 3 aromatic rings. The van der Waals surface area contributed by atoms with Gasteiger partial charge in [0.15, 0.2) is 11.5 Å². The molecule has 0 spiro atoms. The molecule has 2 unspecified atom stereocenters. The molecule has 1 aliphatic heterocycles. The number of hydrogen-bond acceptors (Lipinski definition) is 6. The molecule has 1 aliphatic rings. The first-order chi connectivity index (χ1) is 13.5. The normalized spacial score (nSPS) is 18.1. The lowest BCUT2D eigenvalue weighted by molar-refractivity contribution is -0.159. The van der Waals surface area contributed by atoms with Gasteiger partial charge in [-0.05, 0) is 37.1 Å². The van der Waals surface area contributed by atoms with E-state index in [1.54, 1.807) is 25.1 Å². The molecule has 144 valence electrons. The number of aryl methyl sites for hydroxylation is 1. The smallest absolute Gasteiger partial charge is 0.351 e. The van der Waals surface area contributed by atoms with E-state index < -0.39 is 23.8 Å². The topological polar surface area (TPSA) is 75.0 Å². The number of fused-ring (bicyclic) bond motifs is 2. The van der Waals surface area contributed by atoms with Crippen LogP contribution in [0.25, 0.3) is 11.0 Å². The zero-order valence-corrected chi connectivity index (χ0v) is 15.6. The van der Waals surface area contributed by atoms with E-state index in [0.29, 0.717) is 22.6 Å². The molecule has 1 aromatic heterocycles. The Balaban J connectivity index is 1.53. The second-order valence-corrected chi connectivity index (χ2v) is 6.69. The molecule has 0 N–H and O–H groups in total. The summed E-state index contributed by atoms with van der Waals surface area (Å²) in [6.07, 6.45) is -0.544. The molecule has 2 heterocycles. The molecule has 6 nitrogen and oxygen atoms in total. The summed E-state index contributed by atoms with van der Waals surface area (Å²) in [5.41, 5.74) is 1.65. The summed E-state index contributed by atoms with van der Waals surface area (Å²) < 4.78 is 22.2. The van der Waals surface area contributed by atoms with Crippen LogP contribution in [0.5, 0.6) is 11.5 Å².